The molecular formula is C18H21N3O3. The number of carbonyl (C=O) groups is 2. The quantitative estimate of drug-likeness (QED) is 0.763. The first-order valence-electron chi connectivity index (χ1n) is 7.58. The molecule has 3 N–H and O–H groups in total. The van der Waals surface area contributed by atoms with E-state index in [0.717, 1.165) is 22.6 Å². The second-order valence-electron chi connectivity index (χ2n) is 5.27. The van der Waals surface area contributed by atoms with Crippen molar-refractivity contribution in [1.29, 1.82) is 0 Å². The third-order valence-corrected chi connectivity index (χ3v) is 3.31. The summed E-state index contributed by atoms with van der Waals surface area (Å²) in [5, 5.41) is 8.28. The Labute approximate surface area is 141 Å². The van der Waals surface area contributed by atoms with E-state index >= 15 is 0 Å². The van der Waals surface area contributed by atoms with E-state index in [1.165, 1.54) is 6.92 Å². The van der Waals surface area contributed by atoms with Crippen LogP contribution in [0.3, 0.4) is 0 Å². The predicted molar refractivity (Wildman–Crippen MR) is 92.8 cm³/mol. The lowest BCUT2D eigenvalue weighted by molar-refractivity contribution is -0.114. The molecule has 0 aliphatic carbocycles. The highest BCUT2D eigenvalue weighted by molar-refractivity contribution is 5.88. The predicted octanol–water partition coefficient (Wildman–Crippen LogP) is 2.65. The molecule has 2 aromatic carbocycles. The van der Waals surface area contributed by atoms with Gasteiger partial charge in [-0.2, -0.15) is 0 Å². The molecule has 0 saturated heterocycles. The zero-order valence-electron chi connectivity index (χ0n) is 13.8. The van der Waals surface area contributed by atoms with Gasteiger partial charge in [0.2, 0.25) is 5.91 Å². The molecule has 0 fully saturated rings. The first kappa shape index (κ1) is 17.3. The van der Waals surface area contributed by atoms with Gasteiger partial charge in [-0.25, -0.2) is 4.79 Å². The third-order valence-electron chi connectivity index (χ3n) is 3.31. The molecule has 0 atom stereocenters. The summed E-state index contributed by atoms with van der Waals surface area (Å²) in [5.74, 6) is 0.645. The Morgan fingerprint density at radius 3 is 2.25 bits per heavy atom. The van der Waals surface area contributed by atoms with Crippen molar-refractivity contribution in [3.8, 4) is 5.75 Å². The van der Waals surface area contributed by atoms with E-state index in [1.54, 1.807) is 19.2 Å². The van der Waals surface area contributed by atoms with Crippen LogP contribution in [-0.4, -0.2) is 19.0 Å². The zero-order valence-corrected chi connectivity index (χ0v) is 13.8. The van der Waals surface area contributed by atoms with Gasteiger partial charge in [-0.1, -0.05) is 24.3 Å². The minimum Gasteiger partial charge on any atom is -0.497 e. The van der Waals surface area contributed by atoms with Crippen LogP contribution in [0.5, 0.6) is 5.75 Å². The first-order chi connectivity index (χ1) is 11.6. The van der Waals surface area contributed by atoms with Crippen molar-refractivity contribution < 1.29 is 14.3 Å². The van der Waals surface area contributed by atoms with Gasteiger partial charge in [0.25, 0.3) is 0 Å². The Kier molecular flexibility index (Phi) is 6.19. The maximum atomic E-state index is 11.8. The lowest BCUT2D eigenvalue weighted by Crippen LogP contribution is -2.34. The number of amides is 3. The second kappa shape index (κ2) is 8.57. The summed E-state index contributed by atoms with van der Waals surface area (Å²) < 4.78 is 5.15. The molecule has 0 saturated carbocycles. The summed E-state index contributed by atoms with van der Waals surface area (Å²) in [6, 6.07) is 14.6. The summed E-state index contributed by atoms with van der Waals surface area (Å²) >= 11 is 0. The van der Waals surface area contributed by atoms with Crippen LogP contribution in [0, 0.1) is 0 Å². The van der Waals surface area contributed by atoms with Gasteiger partial charge < -0.3 is 20.7 Å². The summed E-state index contributed by atoms with van der Waals surface area (Å²) in [5.41, 5.74) is 2.64. The molecule has 0 bridgehead atoms. The fraction of sp³-hybridized carbons (Fsp3) is 0.222. The minimum absolute atomic E-state index is 0.113. The average Bonchev–Trinajstić information content (AvgIpc) is 2.59. The van der Waals surface area contributed by atoms with Gasteiger partial charge >= 0.3 is 6.03 Å². The van der Waals surface area contributed by atoms with Crippen LogP contribution in [0.4, 0.5) is 10.5 Å². The first-order valence-corrected chi connectivity index (χ1v) is 7.58. The monoisotopic (exact) mass is 327 g/mol. The summed E-state index contributed by atoms with van der Waals surface area (Å²) in [6.07, 6.45) is 0. The molecule has 0 spiro atoms. The number of ether oxygens (including phenoxy) is 1. The molecule has 0 radical (unpaired) electrons. The van der Waals surface area contributed by atoms with E-state index in [0.29, 0.717) is 13.1 Å². The number of anilines is 1. The number of methoxy groups -OCH3 is 1. The Hall–Kier alpha value is -3.02. The van der Waals surface area contributed by atoms with Gasteiger partial charge in [0, 0.05) is 25.7 Å². The van der Waals surface area contributed by atoms with Crippen LogP contribution in [-0.2, 0) is 17.9 Å². The maximum Gasteiger partial charge on any atom is 0.315 e. The van der Waals surface area contributed by atoms with Crippen LogP contribution in [0.15, 0.2) is 48.5 Å². The molecule has 6 heteroatoms. The number of benzene rings is 2. The highest BCUT2D eigenvalue weighted by Gasteiger charge is 2.02. The highest BCUT2D eigenvalue weighted by Crippen LogP contribution is 2.12. The molecule has 2 aromatic rings. The van der Waals surface area contributed by atoms with Crippen molar-refractivity contribution in [2.45, 2.75) is 20.0 Å². The van der Waals surface area contributed by atoms with Gasteiger partial charge in [-0.15, -0.1) is 0 Å². The van der Waals surface area contributed by atoms with Gasteiger partial charge in [0.15, 0.2) is 0 Å². The Morgan fingerprint density at radius 2 is 1.62 bits per heavy atom. The van der Waals surface area contributed by atoms with Crippen molar-refractivity contribution in [3.63, 3.8) is 0 Å². The van der Waals surface area contributed by atoms with Crippen LogP contribution < -0.4 is 20.7 Å². The molecule has 6 nitrogen and oxygen atoms in total. The van der Waals surface area contributed by atoms with Gasteiger partial charge in [0.05, 0.1) is 7.11 Å². The summed E-state index contributed by atoms with van der Waals surface area (Å²) in [6.45, 7) is 2.29. The maximum absolute atomic E-state index is 11.8. The molecule has 2 rings (SSSR count). The zero-order chi connectivity index (χ0) is 17.4. The van der Waals surface area contributed by atoms with Crippen LogP contribution in [0.25, 0.3) is 0 Å². The molecule has 0 heterocycles. The fourth-order valence-electron chi connectivity index (χ4n) is 2.12. The molecular weight excluding hydrogens is 306 g/mol. The Morgan fingerprint density at radius 1 is 0.958 bits per heavy atom. The number of rotatable bonds is 6. The Bertz CT molecular complexity index is 699. The smallest absolute Gasteiger partial charge is 0.315 e. The Balaban J connectivity index is 1.77. The van der Waals surface area contributed by atoms with Crippen molar-refractivity contribution in [1.82, 2.24) is 10.6 Å². The highest BCUT2D eigenvalue weighted by atomic mass is 16.5. The minimum atomic E-state index is -0.247. The van der Waals surface area contributed by atoms with Crippen LogP contribution >= 0.6 is 0 Å². The lowest BCUT2D eigenvalue weighted by Gasteiger charge is -2.09. The van der Waals surface area contributed by atoms with Gasteiger partial charge in [-0.05, 0) is 35.4 Å². The normalized spacial score (nSPS) is 9.92. The largest absolute Gasteiger partial charge is 0.497 e. The number of urea groups is 1. The van der Waals surface area contributed by atoms with Crippen LogP contribution in [0.1, 0.15) is 18.1 Å². The van der Waals surface area contributed by atoms with E-state index in [1.807, 2.05) is 36.4 Å². The van der Waals surface area contributed by atoms with Crippen molar-refractivity contribution in [3.05, 3.63) is 59.7 Å². The summed E-state index contributed by atoms with van der Waals surface area (Å²) in [4.78, 5) is 22.8. The third kappa shape index (κ3) is 5.64. The number of hydrogen-bond donors (Lipinski definition) is 3. The molecule has 0 aromatic heterocycles. The van der Waals surface area contributed by atoms with E-state index in [4.69, 9.17) is 4.74 Å². The van der Waals surface area contributed by atoms with Crippen molar-refractivity contribution in [2.24, 2.45) is 0 Å². The van der Waals surface area contributed by atoms with Crippen LogP contribution in [0.2, 0.25) is 0 Å². The van der Waals surface area contributed by atoms with Crippen molar-refractivity contribution in [2.75, 3.05) is 12.4 Å². The topological polar surface area (TPSA) is 79.5 Å². The molecule has 3 amide bonds. The molecule has 0 aliphatic heterocycles. The SMILES string of the molecule is COc1cccc(CNC(=O)NCc2ccc(NC(C)=O)cc2)c1. The summed E-state index contributed by atoms with van der Waals surface area (Å²) in [7, 11) is 1.61. The van der Waals surface area contributed by atoms with E-state index in [9.17, 15) is 9.59 Å². The van der Waals surface area contributed by atoms with E-state index in [2.05, 4.69) is 16.0 Å². The fourth-order valence-corrected chi connectivity index (χ4v) is 2.12. The molecule has 0 unspecified atom stereocenters. The second-order valence-corrected chi connectivity index (χ2v) is 5.27. The molecule has 126 valence electrons. The van der Waals surface area contributed by atoms with E-state index < -0.39 is 0 Å². The van der Waals surface area contributed by atoms with Gasteiger partial charge in [-0.3, -0.25) is 4.79 Å². The van der Waals surface area contributed by atoms with E-state index in [-0.39, 0.29) is 11.9 Å². The number of nitrogens with one attached hydrogen (secondary N) is 3. The van der Waals surface area contributed by atoms with Crippen molar-refractivity contribution >= 4 is 17.6 Å². The number of hydrogen-bond acceptors (Lipinski definition) is 3. The number of carbonyl (C=O) groups excluding carboxylic acids is 2. The van der Waals surface area contributed by atoms with Gasteiger partial charge in [0.1, 0.15) is 5.75 Å². The molecule has 0 aliphatic rings. The lowest BCUT2D eigenvalue weighted by atomic mass is 10.2. The molecule has 24 heavy (non-hydrogen) atoms. The standard InChI is InChI=1S/C18H21N3O3/c1-13(22)21-16-8-6-14(7-9-16)11-19-18(23)20-12-15-4-3-5-17(10-15)24-2/h3-10H,11-12H2,1-2H3,(H,21,22)(H2,19,20,23). The average molecular weight is 327 g/mol.